The monoisotopic (exact) mass is 390 g/mol. The van der Waals surface area contributed by atoms with E-state index in [-0.39, 0.29) is 41.8 Å². The molecule has 3 N–H and O–H groups in total. The number of aliphatic hydroxyl groups excluding tert-OH is 3. The van der Waals surface area contributed by atoms with Gasteiger partial charge in [0.25, 0.3) is 0 Å². The quantitative estimate of drug-likeness (QED) is 0.589. The van der Waals surface area contributed by atoms with Crippen molar-refractivity contribution < 1.29 is 29.6 Å². The number of hydrogen-bond donors (Lipinski definition) is 3. The second-order valence-electron chi connectivity index (χ2n) is 9.94. The molecule has 0 aromatic carbocycles. The summed E-state index contributed by atoms with van der Waals surface area (Å²) in [5.41, 5.74) is -1.62. The summed E-state index contributed by atoms with van der Waals surface area (Å²) in [4.78, 5) is 26.3. The standard InChI is InChI=1S/C22H30O6/c1-11-7-12(24)17-13(8-11)28-22(4)16(26)9-14-20(2,19(22)18(17)27)6-5-15(25)21(14,3)10-23/h8,14-16,19,23,25-26H,5-7,9-10H2,1-4H3/t14-,15+,16+,19-,20+,21?,22-/m1/s1. The third-order valence-electron chi connectivity index (χ3n) is 8.18. The van der Waals surface area contributed by atoms with Gasteiger partial charge in [0.05, 0.1) is 24.7 Å². The number of Topliss-reactive ketones (excluding diaryl/α,β-unsaturated/α-hetero) is 2. The average Bonchev–Trinajstić information content (AvgIpc) is 2.60. The van der Waals surface area contributed by atoms with Crippen molar-refractivity contribution in [3.63, 3.8) is 0 Å². The number of allylic oxidation sites excluding steroid dienone is 3. The Balaban J connectivity index is 1.88. The minimum atomic E-state index is -1.14. The van der Waals surface area contributed by atoms with Crippen molar-refractivity contribution in [2.75, 3.05) is 6.61 Å². The lowest BCUT2D eigenvalue weighted by Crippen LogP contribution is -2.70. The first-order valence-corrected chi connectivity index (χ1v) is 10.1. The Hall–Kier alpha value is -1.50. The molecule has 2 fully saturated rings. The number of hydrogen-bond acceptors (Lipinski definition) is 6. The summed E-state index contributed by atoms with van der Waals surface area (Å²) in [5.74, 6) is -1.20. The second kappa shape index (κ2) is 6.00. The highest BCUT2D eigenvalue weighted by atomic mass is 16.5. The number of fused-ring (bicyclic) bond motifs is 3. The van der Waals surface area contributed by atoms with E-state index in [9.17, 15) is 24.9 Å². The first kappa shape index (κ1) is 19.8. The van der Waals surface area contributed by atoms with Gasteiger partial charge in [-0.2, -0.15) is 0 Å². The van der Waals surface area contributed by atoms with E-state index in [1.807, 2.05) is 20.8 Å². The molecule has 0 aromatic rings. The van der Waals surface area contributed by atoms with Crippen molar-refractivity contribution in [3.8, 4) is 0 Å². The maximum Gasteiger partial charge on any atom is 0.177 e. The highest BCUT2D eigenvalue weighted by molar-refractivity contribution is 6.23. The van der Waals surface area contributed by atoms with Crippen molar-refractivity contribution in [2.45, 2.75) is 71.2 Å². The molecule has 4 rings (SSSR count). The smallest absolute Gasteiger partial charge is 0.177 e. The zero-order chi connectivity index (χ0) is 20.6. The van der Waals surface area contributed by atoms with Crippen LogP contribution in [-0.4, -0.2) is 51.3 Å². The Morgan fingerprint density at radius 2 is 1.86 bits per heavy atom. The predicted octanol–water partition coefficient (Wildman–Crippen LogP) is 1.67. The molecule has 0 aromatic heterocycles. The molecule has 28 heavy (non-hydrogen) atoms. The number of carbonyl (C=O) groups is 2. The van der Waals surface area contributed by atoms with Crippen molar-refractivity contribution >= 4 is 11.6 Å². The molecule has 7 atom stereocenters. The number of rotatable bonds is 1. The summed E-state index contributed by atoms with van der Waals surface area (Å²) in [5, 5.41) is 31.8. The first-order valence-electron chi connectivity index (χ1n) is 10.1. The Morgan fingerprint density at radius 3 is 2.50 bits per heavy atom. The molecular formula is C22H30O6. The van der Waals surface area contributed by atoms with Gasteiger partial charge in [-0.1, -0.05) is 19.4 Å². The van der Waals surface area contributed by atoms with E-state index in [0.717, 1.165) is 5.57 Å². The molecule has 1 heterocycles. The van der Waals surface area contributed by atoms with Gasteiger partial charge in [0.1, 0.15) is 16.9 Å². The zero-order valence-electron chi connectivity index (χ0n) is 17.0. The molecule has 1 unspecified atom stereocenters. The van der Waals surface area contributed by atoms with E-state index >= 15 is 0 Å². The molecule has 6 nitrogen and oxygen atoms in total. The van der Waals surface area contributed by atoms with Crippen LogP contribution in [0.15, 0.2) is 23.0 Å². The van der Waals surface area contributed by atoms with Gasteiger partial charge in [-0.15, -0.1) is 0 Å². The lowest BCUT2D eigenvalue weighted by molar-refractivity contribution is -0.246. The topological polar surface area (TPSA) is 104 Å². The van der Waals surface area contributed by atoms with Crippen LogP contribution in [0.5, 0.6) is 0 Å². The van der Waals surface area contributed by atoms with E-state index in [2.05, 4.69) is 0 Å². The Morgan fingerprint density at radius 1 is 1.18 bits per heavy atom. The van der Waals surface area contributed by atoms with Gasteiger partial charge in [-0.3, -0.25) is 9.59 Å². The molecule has 6 heteroatoms. The Bertz CT molecular complexity index is 812. The summed E-state index contributed by atoms with van der Waals surface area (Å²) in [6.45, 7) is 7.18. The molecule has 0 radical (unpaired) electrons. The third-order valence-corrected chi connectivity index (χ3v) is 8.18. The second-order valence-corrected chi connectivity index (χ2v) is 9.94. The Labute approximate surface area is 165 Å². The fourth-order valence-electron chi connectivity index (χ4n) is 6.57. The lowest BCUT2D eigenvalue weighted by atomic mass is 9.43. The lowest BCUT2D eigenvalue weighted by Gasteiger charge is -2.64. The van der Waals surface area contributed by atoms with Gasteiger partial charge in [0, 0.05) is 11.8 Å². The van der Waals surface area contributed by atoms with Crippen molar-refractivity contribution in [3.05, 3.63) is 23.0 Å². The largest absolute Gasteiger partial charge is 0.483 e. The molecule has 0 bridgehead atoms. The van der Waals surface area contributed by atoms with Crippen molar-refractivity contribution in [2.24, 2.45) is 22.7 Å². The van der Waals surface area contributed by atoms with Gasteiger partial charge < -0.3 is 20.1 Å². The summed E-state index contributed by atoms with van der Waals surface area (Å²) in [6, 6.07) is 0. The van der Waals surface area contributed by atoms with Crippen LogP contribution >= 0.6 is 0 Å². The highest BCUT2D eigenvalue weighted by Crippen LogP contribution is 2.64. The third kappa shape index (κ3) is 2.31. The van der Waals surface area contributed by atoms with Gasteiger partial charge in [0.15, 0.2) is 11.6 Å². The van der Waals surface area contributed by atoms with E-state index in [1.54, 1.807) is 13.0 Å². The highest BCUT2D eigenvalue weighted by Gasteiger charge is 2.69. The van der Waals surface area contributed by atoms with Gasteiger partial charge in [0.2, 0.25) is 0 Å². The fraction of sp³-hybridized carbons (Fsp3) is 0.727. The van der Waals surface area contributed by atoms with E-state index in [4.69, 9.17) is 4.74 Å². The van der Waals surface area contributed by atoms with Gasteiger partial charge in [-0.05, 0) is 50.5 Å². The molecule has 2 saturated carbocycles. The van der Waals surface area contributed by atoms with Gasteiger partial charge in [-0.25, -0.2) is 0 Å². The maximum atomic E-state index is 13.7. The Kier molecular flexibility index (Phi) is 4.24. The summed E-state index contributed by atoms with van der Waals surface area (Å²) in [7, 11) is 0. The number of ether oxygens (including phenoxy) is 1. The first-order chi connectivity index (χ1) is 13.0. The van der Waals surface area contributed by atoms with Crippen LogP contribution in [0.1, 0.15) is 53.4 Å². The normalized spacial score (nSPS) is 48.3. The molecule has 0 spiro atoms. The van der Waals surface area contributed by atoms with Crippen LogP contribution in [0, 0.1) is 22.7 Å². The maximum absolute atomic E-state index is 13.7. The molecule has 0 saturated heterocycles. The summed E-state index contributed by atoms with van der Waals surface area (Å²) < 4.78 is 6.23. The van der Waals surface area contributed by atoms with Crippen LogP contribution in [0.4, 0.5) is 0 Å². The SMILES string of the molecule is CC1=CC2=C(C(=O)C1)C(=O)[C@@H]1[C@@]3(C)CC[C@H](O)C(C)(CO)[C@@H]3C[C@H](O)[C@@]1(C)O2. The number of aliphatic hydroxyl groups is 3. The minimum absolute atomic E-state index is 0.110. The van der Waals surface area contributed by atoms with E-state index in [1.165, 1.54) is 0 Å². The van der Waals surface area contributed by atoms with Crippen LogP contribution in [0.3, 0.4) is 0 Å². The van der Waals surface area contributed by atoms with Crippen molar-refractivity contribution in [1.29, 1.82) is 0 Å². The molecule has 154 valence electrons. The van der Waals surface area contributed by atoms with Gasteiger partial charge >= 0.3 is 0 Å². The van der Waals surface area contributed by atoms with E-state index < -0.39 is 34.6 Å². The number of carbonyl (C=O) groups excluding carboxylic acids is 2. The summed E-state index contributed by atoms with van der Waals surface area (Å²) >= 11 is 0. The number of ketones is 2. The fourth-order valence-corrected chi connectivity index (χ4v) is 6.57. The van der Waals surface area contributed by atoms with Crippen LogP contribution in [0.2, 0.25) is 0 Å². The molecule has 1 aliphatic heterocycles. The molecular weight excluding hydrogens is 360 g/mol. The summed E-state index contributed by atoms with van der Waals surface area (Å²) in [6.07, 6.45) is 1.64. The molecule has 3 aliphatic carbocycles. The van der Waals surface area contributed by atoms with Crippen molar-refractivity contribution in [1.82, 2.24) is 0 Å². The zero-order valence-corrected chi connectivity index (χ0v) is 17.0. The average molecular weight is 390 g/mol. The van der Waals surface area contributed by atoms with E-state index in [0.29, 0.717) is 19.3 Å². The molecule has 4 aliphatic rings. The van der Waals surface area contributed by atoms with Crippen LogP contribution < -0.4 is 0 Å². The molecule has 0 amide bonds. The van der Waals surface area contributed by atoms with Crippen LogP contribution in [-0.2, 0) is 14.3 Å². The minimum Gasteiger partial charge on any atom is -0.483 e. The predicted molar refractivity (Wildman–Crippen MR) is 101 cm³/mol. The van der Waals surface area contributed by atoms with Crippen LogP contribution in [0.25, 0.3) is 0 Å².